The zero-order chi connectivity index (χ0) is 22.6. The summed E-state index contributed by atoms with van der Waals surface area (Å²) < 4.78 is 0. The molecule has 11 nitrogen and oxygen atoms in total. The van der Waals surface area contributed by atoms with Gasteiger partial charge in [0.25, 0.3) is 0 Å². The molecule has 0 saturated heterocycles. The van der Waals surface area contributed by atoms with Gasteiger partial charge in [-0.3, -0.25) is 14.4 Å². The van der Waals surface area contributed by atoms with Gasteiger partial charge >= 0.3 is 5.97 Å². The third-order valence-corrected chi connectivity index (χ3v) is 4.19. The van der Waals surface area contributed by atoms with Crippen molar-refractivity contribution in [3.05, 3.63) is 0 Å². The number of rotatable bonds is 14. The van der Waals surface area contributed by atoms with Gasteiger partial charge in [0, 0.05) is 0 Å². The van der Waals surface area contributed by atoms with Gasteiger partial charge in [-0.15, -0.1) is 0 Å². The number of carbonyl (C=O) groups excluding carboxylic acids is 3. The highest BCUT2D eigenvalue weighted by Gasteiger charge is 2.28. The van der Waals surface area contributed by atoms with Crippen molar-refractivity contribution in [2.75, 3.05) is 13.2 Å². The van der Waals surface area contributed by atoms with Crippen molar-refractivity contribution in [2.45, 2.75) is 70.6 Å². The van der Waals surface area contributed by atoms with Gasteiger partial charge < -0.3 is 37.6 Å². The van der Waals surface area contributed by atoms with Gasteiger partial charge in [0.2, 0.25) is 17.7 Å². The van der Waals surface area contributed by atoms with E-state index in [4.69, 9.17) is 21.7 Å². The first-order valence-electron chi connectivity index (χ1n) is 9.73. The first kappa shape index (κ1) is 26.8. The number of amides is 3. The molecule has 168 valence electrons. The van der Waals surface area contributed by atoms with Gasteiger partial charge in [-0.05, 0) is 45.1 Å². The van der Waals surface area contributed by atoms with Crippen molar-refractivity contribution in [3.63, 3.8) is 0 Å². The zero-order valence-electron chi connectivity index (χ0n) is 17.3. The maximum Gasteiger partial charge on any atom is 0.328 e. The molecule has 0 aromatic rings. The Morgan fingerprint density at radius 1 is 0.897 bits per heavy atom. The fourth-order valence-electron chi connectivity index (χ4n) is 2.52. The summed E-state index contributed by atoms with van der Waals surface area (Å²) >= 11 is 0. The summed E-state index contributed by atoms with van der Waals surface area (Å²) in [4.78, 5) is 47.9. The van der Waals surface area contributed by atoms with Crippen LogP contribution in [0.25, 0.3) is 0 Å². The molecule has 0 aliphatic heterocycles. The van der Waals surface area contributed by atoms with E-state index in [9.17, 15) is 19.2 Å². The summed E-state index contributed by atoms with van der Waals surface area (Å²) in [7, 11) is 0. The van der Waals surface area contributed by atoms with Crippen LogP contribution in [-0.2, 0) is 19.2 Å². The van der Waals surface area contributed by atoms with Crippen LogP contribution in [0.4, 0.5) is 0 Å². The molecule has 0 saturated carbocycles. The number of carboxylic acids is 1. The summed E-state index contributed by atoms with van der Waals surface area (Å²) in [5.41, 5.74) is 11.2. The minimum atomic E-state index is -1.48. The van der Waals surface area contributed by atoms with Crippen molar-refractivity contribution in [1.82, 2.24) is 16.0 Å². The molecular formula is C18H35N5O6. The molecular weight excluding hydrogens is 382 g/mol. The first-order valence-corrected chi connectivity index (χ1v) is 9.73. The Morgan fingerprint density at radius 2 is 1.48 bits per heavy atom. The lowest BCUT2D eigenvalue weighted by molar-refractivity contribution is -0.143. The van der Waals surface area contributed by atoms with E-state index in [1.807, 2.05) is 13.8 Å². The Bertz CT molecular complexity index is 557. The van der Waals surface area contributed by atoms with E-state index >= 15 is 0 Å². The molecule has 4 unspecified atom stereocenters. The largest absolute Gasteiger partial charge is 0.480 e. The minimum absolute atomic E-state index is 0.212. The Kier molecular flexibility index (Phi) is 12.8. The van der Waals surface area contributed by atoms with Gasteiger partial charge in [0.1, 0.15) is 18.1 Å². The fourth-order valence-corrected chi connectivity index (χ4v) is 2.52. The smallest absolute Gasteiger partial charge is 0.328 e. The van der Waals surface area contributed by atoms with Gasteiger partial charge in [0.15, 0.2) is 0 Å². The number of nitrogens with two attached hydrogens (primary N) is 2. The van der Waals surface area contributed by atoms with Gasteiger partial charge in [-0.1, -0.05) is 13.8 Å². The number of aliphatic hydroxyl groups is 1. The van der Waals surface area contributed by atoms with E-state index in [-0.39, 0.29) is 12.3 Å². The Labute approximate surface area is 171 Å². The van der Waals surface area contributed by atoms with Crippen LogP contribution in [-0.4, -0.2) is 71.2 Å². The SMILES string of the molecule is CC(C)CC(N)C(=O)NC(C)C(=O)NC(CCCCN)C(=O)NC(CO)C(=O)O. The average molecular weight is 418 g/mol. The van der Waals surface area contributed by atoms with Crippen molar-refractivity contribution in [2.24, 2.45) is 17.4 Å². The van der Waals surface area contributed by atoms with Crippen LogP contribution in [0.3, 0.4) is 0 Å². The number of hydrogen-bond donors (Lipinski definition) is 7. The molecule has 0 rings (SSSR count). The van der Waals surface area contributed by atoms with Gasteiger partial charge in [0.05, 0.1) is 12.6 Å². The maximum absolute atomic E-state index is 12.4. The van der Waals surface area contributed by atoms with Crippen molar-refractivity contribution < 1.29 is 29.4 Å². The van der Waals surface area contributed by atoms with E-state index in [1.165, 1.54) is 6.92 Å². The lowest BCUT2D eigenvalue weighted by Crippen LogP contribution is -2.56. The molecule has 4 atom stereocenters. The number of nitrogens with one attached hydrogen (secondary N) is 3. The fraction of sp³-hybridized carbons (Fsp3) is 0.778. The molecule has 29 heavy (non-hydrogen) atoms. The van der Waals surface area contributed by atoms with Crippen LogP contribution >= 0.6 is 0 Å². The second-order valence-corrected chi connectivity index (χ2v) is 7.39. The molecule has 0 radical (unpaired) electrons. The van der Waals surface area contributed by atoms with Gasteiger partial charge in [-0.2, -0.15) is 0 Å². The third-order valence-electron chi connectivity index (χ3n) is 4.19. The molecule has 0 aliphatic rings. The number of aliphatic carboxylic acids is 1. The topological polar surface area (TPSA) is 197 Å². The summed E-state index contributed by atoms with van der Waals surface area (Å²) in [6.07, 6.45) is 1.81. The monoisotopic (exact) mass is 417 g/mol. The Morgan fingerprint density at radius 3 is 1.97 bits per heavy atom. The number of unbranched alkanes of at least 4 members (excludes halogenated alkanes) is 1. The van der Waals surface area contributed by atoms with Crippen molar-refractivity contribution in [3.8, 4) is 0 Å². The van der Waals surface area contributed by atoms with Crippen LogP contribution in [0.15, 0.2) is 0 Å². The average Bonchev–Trinajstić information content (AvgIpc) is 2.63. The second kappa shape index (κ2) is 13.9. The van der Waals surface area contributed by atoms with Gasteiger partial charge in [-0.25, -0.2) is 4.79 Å². The Balaban J connectivity index is 4.98. The first-order chi connectivity index (χ1) is 13.5. The van der Waals surface area contributed by atoms with Crippen molar-refractivity contribution >= 4 is 23.7 Å². The van der Waals surface area contributed by atoms with Crippen LogP contribution in [0, 0.1) is 5.92 Å². The zero-order valence-corrected chi connectivity index (χ0v) is 17.3. The number of carbonyl (C=O) groups is 4. The highest BCUT2D eigenvalue weighted by molar-refractivity contribution is 5.93. The molecule has 0 aromatic heterocycles. The highest BCUT2D eigenvalue weighted by atomic mass is 16.4. The van der Waals surface area contributed by atoms with E-state index in [2.05, 4.69) is 16.0 Å². The summed E-state index contributed by atoms with van der Waals surface area (Å²) in [5.74, 6) is -3.01. The molecule has 11 heteroatoms. The quantitative estimate of drug-likeness (QED) is 0.158. The van der Waals surface area contributed by atoms with Crippen LogP contribution in [0.1, 0.15) is 46.5 Å². The third kappa shape index (κ3) is 10.8. The lowest BCUT2D eigenvalue weighted by Gasteiger charge is -2.23. The van der Waals surface area contributed by atoms with E-state index in [1.54, 1.807) is 0 Å². The molecule has 0 fully saturated rings. The number of aliphatic hydroxyl groups excluding tert-OH is 1. The lowest BCUT2D eigenvalue weighted by atomic mass is 10.0. The van der Waals surface area contributed by atoms with Crippen molar-refractivity contribution in [1.29, 1.82) is 0 Å². The van der Waals surface area contributed by atoms with E-state index in [0.29, 0.717) is 25.8 Å². The van der Waals surface area contributed by atoms with E-state index < -0.39 is 54.5 Å². The maximum atomic E-state index is 12.4. The summed E-state index contributed by atoms with van der Waals surface area (Å²) in [5, 5.41) is 25.2. The summed E-state index contributed by atoms with van der Waals surface area (Å²) in [6.45, 7) is 4.91. The second-order valence-electron chi connectivity index (χ2n) is 7.39. The highest BCUT2D eigenvalue weighted by Crippen LogP contribution is 2.04. The molecule has 9 N–H and O–H groups in total. The molecule has 0 aliphatic carbocycles. The predicted molar refractivity (Wildman–Crippen MR) is 107 cm³/mol. The minimum Gasteiger partial charge on any atom is -0.480 e. The number of hydrogen-bond acceptors (Lipinski definition) is 7. The van der Waals surface area contributed by atoms with E-state index in [0.717, 1.165) is 0 Å². The molecule has 0 aromatic carbocycles. The normalized spacial score (nSPS) is 15.1. The predicted octanol–water partition coefficient (Wildman–Crippen LogP) is -1.96. The summed E-state index contributed by atoms with van der Waals surface area (Å²) in [6, 6.07) is -4.22. The Hall–Kier alpha value is -2.24. The molecule has 0 heterocycles. The molecule has 0 bridgehead atoms. The standard InChI is InChI=1S/C18H35N5O6/c1-10(2)8-12(20)16(26)21-11(3)15(25)22-13(6-4-5-7-19)17(27)23-14(9-24)18(28)29/h10-14,24H,4-9,19-20H2,1-3H3,(H,21,26)(H,22,25)(H,23,27)(H,28,29). The molecule has 0 spiro atoms. The van der Waals surface area contributed by atoms with Crippen LogP contribution in [0.5, 0.6) is 0 Å². The van der Waals surface area contributed by atoms with Crippen LogP contribution < -0.4 is 27.4 Å². The number of carboxylic acid groups (broad SMARTS) is 1. The molecule has 3 amide bonds. The van der Waals surface area contributed by atoms with Crippen LogP contribution in [0.2, 0.25) is 0 Å².